The molecule has 1 heterocycles. The van der Waals surface area contributed by atoms with Gasteiger partial charge in [-0.05, 0) is 38.9 Å². The van der Waals surface area contributed by atoms with Gasteiger partial charge in [-0.3, -0.25) is 4.68 Å². The van der Waals surface area contributed by atoms with E-state index >= 15 is 0 Å². The molecule has 0 aliphatic heterocycles. The summed E-state index contributed by atoms with van der Waals surface area (Å²) in [6.45, 7) is 3.14. The maximum atomic E-state index is 4.57. The average Bonchev–Trinajstić information content (AvgIpc) is 2.72. The maximum Gasteiger partial charge on any atom is 0.0703 e. The van der Waals surface area contributed by atoms with E-state index < -0.39 is 0 Å². The van der Waals surface area contributed by atoms with E-state index in [2.05, 4.69) is 47.8 Å². The minimum absolute atomic E-state index is 1.02. The normalized spacial score (nSPS) is 10.8. The Kier molecular flexibility index (Phi) is 4.15. The highest BCUT2D eigenvalue weighted by atomic mass is 15.2. The fraction of sp³-hybridized carbons (Fsp3) is 0.400. The van der Waals surface area contributed by atoms with Crippen molar-refractivity contribution in [1.82, 2.24) is 15.1 Å². The van der Waals surface area contributed by atoms with Gasteiger partial charge in [-0.15, -0.1) is 0 Å². The lowest BCUT2D eigenvalue weighted by Crippen LogP contribution is -2.08. The van der Waals surface area contributed by atoms with E-state index in [1.54, 1.807) is 0 Å². The Morgan fingerprint density at radius 1 is 1.22 bits per heavy atom. The van der Waals surface area contributed by atoms with Crippen LogP contribution < -0.4 is 5.32 Å². The van der Waals surface area contributed by atoms with Gasteiger partial charge >= 0.3 is 0 Å². The first-order valence-electron chi connectivity index (χ1n) is 6.45. The first-order chi connectivity index (χ1) is 8.70. The third-order valence-electron chi connectivity index (χ3n) is 3.11. The molecular formula is C15H21N3. The van der Waals surface area contributed by atoms with Crippen LogP contribution >= 0.6 is 0 Å². The van der Waals surface area contributed by atoms with Crippen LogP contribution in [0, 0.1) is 6.92 Å². The van der Waals surface area contributed by atoms with E-state index in [0.717, 1.165) is 19.4 Å². The molecule has 0 aliphatic carbocycles. The first kappa shape index (κ1) is 12.8. The molecule has 0 aliphatic rings. The van der Waals surface area contributed by atoms with Crippen LogP contribution in [0.2, 0.25) is 0 Å². The van der Waals surface area contributed by atoms with Crippen molar-refractivity contribution in [3.8, 4) is 11.1 Å². The number of rotatable bonds is 5. The van der Waals surface area contributed by atoms with Crippen LogP contribution in [0.1, 0.15) is 17.7 Å². The molecule has 1 aromatic heterocycles. The first-order valence-corrected chi connectivity index (χ1v) is 6.45. The number of benzene rings is 1. The zero-order valence-electron chi connectivity index (χ0n) is 11.4. The van der Waals surface area contributed by atoms with E-state index in [9.17, 15) is 0 Å². The van der Waals surface area contributed by atoms with Crippen molar-refractivity contribution < 1.29 is 0 Å². The molecule has 0 saturated carbocycles. The van der Waals surface area contributed by atoms with E-state index in [1.807, 2.05) is 18.8 Å². The Bertz CT molecular complexity index is 497. The van der Waals surface area contributed by atoms with Crippen molar-refractivity contribution in [1.29, 1.82) is 0 Å². The molecule has 0 saturated heterocycles. The van der Waals surface area contributed by atoms with Gasteiger partial charge in [-0.2, -0.15) is 5.10 Å². The minimum atomic E-state index is 1.02. The van der Waals surface area contributed by atoms with Crippen molar-refractivity contribution in [3.63, 3.8) is 0 Å². The van der Waals surface area contributed by atoms with Crippen molar-refractivity contribution in [2.45, 2.75) is 19.8 Å². The molecule has 0 unspecified atom stereocenters. The summed E-state index contributed by atoms with van der Waals surface area (Å²) in [4.78, 5) is 0. The molecule has 18 heavy (non-hydrogen) atoms. The fourth-order valence-corrected chi connectivity index (χ4v) is 2.13. The SMILES string of the molecule is CNCCCc1nn(C)cc1-c1ccc(C)cc1. The van der Waals surface area contributed by atoms with Crippen LogP contribution in [-0.2, 0) is 13.5 Å². The zero-order chi connectivity index (χ0) is 13.0. The second-order valence-corrected chi connectivity index (χ2v) is 4.74. The van der Waals surface area contributed by atoms with Crippen LogP contribution in [0.3, 0.4) is 0 Å². The molecule has 1 N–H and O–H groups in total. The van der Waals surface area contributed by atoms with Gasteiger partial charge in [0, 0.05) is 18.8 Å². The van der Waals surface area contributed by atoms with Gasteiger partial charge in [0.05, 0.1) is 5.69 Å². The Labute approximate surface area is 109 Å². The number of aromatic nitrogens is 2. The predicted octanol–water partition coefficient (Wildman–Crippen LogP) is 2.55. The summed E-state index contributed by atoms with van der Waals surface area (Å²) in [6, 6.07) is 8.65. The Morgan fingerprint density at radius 2 is 1.94 bits per heavy atom. The number of nitrogens with zero attached hydrogens (tertiary/aromatic N) is 2. The summed E-state index contributed by atoms with van der Waals surface area (Å²) >= 11 is 0. The molecule has 0 radical (unpaired) electrons. The van der Waals surface area contributed by atoms with Gasteiger partial charge < -0.3 is 5.32 Å². The summed E-state index contributed by atoms with van der Waals surface area (Å²) < 4.78 is 1.91. The Morgan fingerprint density at radius 3 is 2.61 bits per heavy atom. The molecule has 0 amide bonds. The monoisotopic (exact) mass is 243 g/mol. The second-order valence-electron chi connectivity index (χ2n) is 4.74. The molecule has 0 fully saturated rings. The molecule has 0 spiro atoms. The van der Waals surface area contributed by atoms with E-state index in [4.69, 9.17) is 0 Å². The fourth-order valence-electron chi connectivity index (χ4n) is 2.13. The van der Waals surface area contributed by atoms with E-state index in [-0.39, 0.29) is 0 Å². The van der Waals surface area contributed by atoms with Gasteiger partial charge in [0.25, 0.3) is 0 Å². The molecule has 3 nitrogen and oxygen atoms in total. The van der Waals surface area contributed by atoms with Crippen molar-refractivity contribution in [2.24, 2.45) is 7.05 Å². The molecule has 0 atom stereocenters. The third-order valence-corrected chi connectivity index (χ3v) is 3.11. The van der Waals surface area contributed by atoms with Crippen molar-refractivity contribution >= 4 is 0 Å². The lowest BCUT2D eigenvalue weighted by atomic mass is 10.0. The summed E-state index contributed by atoms with van der Waals surface area (Å²) in [5.74, 6) is 0. The van der Waals surface area contributed by atoms with Crippen molar-refractivity contribution in [2.75, 3.05) is 13.6 Å². The molecule has 1 aromatic carbocycles. The van der Waals surface area contributed by atoms with Crippen molar-refractivity contribution in [3.05, 3.63) is 41.7 Å². The molecule has 3 heteroatoms. The second kappa shape index (κ2) is 5.83. The lowest BCUT2D eigenvalue weighted by Gasteiger charge is -2.03. The Balaban J connectivity index is 2.23. The number of hydrogen-bond donors (Lipinski definition) is 1. The summed E-state index contributed by atoms with van der Waals surface area (Å²) in [6.07, 6.45) is 4.25. The number of hydrogen-bond acceptors (Lipinski definition) is 2. The summed E-state index contributed by atoms with van der Waals surface area (Å²) in [5.41, 5.74) is 5.00. The maximum absolute atomic E-state index is 4.57. The highest BCUT2D eigenvalue weighted by Gasteiger charge is 2.09. The minimum Gasteiger partial charge on any atom is -0.320 e. The zero-order valence-corrected chi connectivity index (χ0v) is 11.4. The highest BCUT2D eigenvalue weighted by molar-refractivity contribution is 5.65. The summed E-state index contributed by atoms with van der Waals surface area (Å²) in [7, 11) is 3.97. The average molecular weight is 243 g/mol. The van der Waals surface area contributed by atoms with Crippen LogP contribution in [0.25, 0.3) is 11.1 Å². The van der Waals surface area contributed by atoms with E-state index in [1.165, 1.54) is 22.4 Å². The molecule has 96 valence electrons. The highest BCUT2D eigenvalue weighted by Crippen LogP contribution is 2.24. The van der Waals surface area contributed by atoms with Gasteiger partial charge in [0.15, 0.2) is 0 Å². The molecular weight excluding hydrogens is 222 g/mol. The largest absolute Gasteiger partial charge is 0.320 e. The third kappa shape index (κ3) is 2.99. The predicted molar refractivity (Wildman–Crippen MR) is 75.6 cm³/mol. The topological polar surface area (TPSA) is 29.9 Å². The summed E-state index contributed by atoms with van der Waals surface area (Å²) in [5, 5.41) is 7.75. The van der Waals surface area contributed by atoms with Crippen LogP contribution in [0.15, 0.2) is 30.5 Å². The standard InChI is InChI=1S/C15H21N3/c1-12-6-8-13(9-7-12)14-11-18(3)17-15(14)5-4-10-16-2/h6-9,11,16H,4-5,10H2,1-3H3. The quantitative estimate of drug-likeness (QED) is 0.818. The smallest absolute Gasteiger partial charge is 0.0703 e. The van der Waals surface area contributed by atoms with E-state index in [0.29, 0.717) is 0 Å². The number of aryl methyl sites for hydroxylation is 3. The van der Waals surface area contributed by atoms with Gasteiger partial charge in [0.1, 0.15) is 0 Å². The molecule has 0 bridgehead atoms. The van der Waals surface area contributed by atoms with Gasteiger partial charge in [0.2, 0.25) is 0 Å². The lowest BCUT2D eigenvalue weighted by molar-refractivity contribution is 0.689. The molecule has 2 rings (SSSR count). The van der Waals surface area contributed by atoms with Crippen LogP contribution in [0.4, 0.5) is 0 Å². The van der Waals surface area contributed by atoms with Gasteiger partial charge in [-0.25, -0.2) is 0 Å². The van der Waals surface area contributed by atoms with Crippen LogP contribution in [-0.4, -0.2) is 23.4 Å². The number of nitrogens with one attached hydrogen (secondary N) is 1. The molecule has 2 aromatic rings. The van der Waals surface area contributed by atoms with Gasteiger partial charge in [-0.1, -0.05) is 29.8 Å². The Hall–Kier alpha value is -1.61. The van der Waals surface area contributed by atoms with Crippen LogP contribution in [0.5, 0.6) is 0 Å².